The van der Waals surface area contributed by atoms with Crippen molar-refractivity contribution in [3.8, 4) is 17.1 Å². The second-order valence-electron chi connectivity index (χ2n) is 11.6. The molecule has 0 aliphatic carbocycles. The fraction of sp³-hybridized carbons (Fsp3) is 0.448. The maximum Gasteiger partial charge on any atom is 0.415 e. The third-order valence-electron chi connectivity index (χ3n) is 8.00. The number of nitro groups is 1. The Labute approximate surface area is 252 Å². The highest BCUT2D eigenvalue weighted by atomic mass is 19.1. The number of carbonyl (C=O) groups is 2. The maximum absolute atomic E-state index is 15.2. The molecule has 5 heterocycles. The molecule has 15 heteroatoms. The molecule has 2 amide bonds. The van der Waals surface area contributed by atoms with Gasteiger partial charge in [0, 0.05) is 62.0 Å². The average molecular weight is 609 g/mol. The Morgan fingerprint density at radius 1 is 1.23 bits per heavy atom. The zero-order valence-corrected chi connectivity index (χ0v) is 24.4. The Bertz CT molecular complexity index is 1560. The number of anilines is 2. The fourth-order valence-electron chi connectivity index (χ4n) is 5.93. The lowest BCUT2D eigenvalue weighted by atomic mass is 10.1. The van der Waals surface area contributed by atoms with Crippen LogP contribution in [0.3, 0.4) is 0 Å². The lowest BCUT2D eigenvalue weighted by molar-refractivity contribution is -0.389. The minimum Gasteiger partial charge on any atom is -0.442 e. The highest BCUT2D eigenvalue weighted by molar-refractivity contribution is 5.90. The molecule has 0 spiro atoms. The molecule has 2 aromatic heterocycles. The number of ether oxygens (including phenoxy) is 2. The Kier molecular flexibility index (Phi) is 7.80. The summed E-state index contributed by atoms with van der Waals surface area (Å²) >= 11 is 0. The summed E-state index contributed by atoms with van der Waals surface area (Å²) in [4.78, 5) is 48.4. The van der Waals surface area contributed by atoms with Gasteiger partial charge in [-0.05, 0) is 48.6 Å². The number of halogens is 1. The van der Waals surface area contributed by atoms with Crippen LogP contribution in [0.4, 0.5) is 26.5 Å². The molecule has 3 aliphatic rings. The summed E-state index contributed by atoms with van der Waals surface area (Å²) in [5, 5.41) is 13.6. The summed E-state index contributed by atoms with van der Waals surface area (Å²) in [7, 11) is 0. The highest BCUT2D eigenvalue weighted by Crippen LogP contribution is 2.32. The molecule has 14 nitrogen and oxygen atoms in total. The number of hydrogen-bond acceptors (Lipinski definition) is 10. The molecule has 232 valence electrons. The number of amides is 2. The first-order valence-electron chi connectivity index (χ1n) is 14.4. The summed E-state index contributed by atoms with van der Waals surface area (Å²) in [5.74, 6) is -0.120. The normalized spacial score (nSPS) is 21.9. The van der Waals surface area contributed by atoms with Gasteiger partial charge in [-0.3, -0.25) is 19.2 Å². The minimum absolute atomic E-state index is 0.195. The first kappa shape index (κ1) is 29.3. The maximum atomic E-state index is 15.2. The van der Waals surface area contributed by atoms with Crippen molar-refractivity contribution < 1.29 is 28.4 Å². The molecule has 0 saturated carbocycles. The van der Waals surface area contributed by atoms with Gasteiger partial charge in [0.1, 0.15) is 29.5 Å². The average Bonchev–Trinajstić information content (AvgIpc) is 3.57. The first-order chi connectivity index (χ1) is 21.1. The summed E-state index contributed by atoms with van der Waals surface area (Å²) in [5.41, 5.74) is 0.830. The number of pyridine rings is 1. The summed E-state index contributed by atoms with van der Waals surface area (Å²) in [6.45, 7) is 8.14. The smallest absolute Gasteiger partial charge is 0.415 e. The van der Waals surface area contributed by atoms with Gasteiger partial charge in [-0.2, -0.15) is 0 Å². The van der Waals surface area contributed by atoms with Gasteiger partial charge >= 0.3 is 17.9 Å². The second kappa shape index (κ2) is 11.7. The van der Waals surface area contributed by atoms with E-state index in [1.807, 2.05) is 19.1 Å². The molecule has 1 N–H and O–H groups in total. The van der Waals surface area contributed by atoms with Gasteiger partial charge in [-0.1, -0.05) is 0 Å². The van der Waals surface area contributed by atoms with Crippen LogP contribution in [0.15, 0.2) is 42.7 Å². The third kappa shape index (κ3) is 6.13. The van der Waals surface area contributed by atoms with Crippen LogP contribution in [-0.4, -0.2) is 93.9 Å². The van der Waals surface area contributed by atoms with Crippen molar-refractivity contribution in [2.45, 2.75) is 38.5 Å². The summed E-state index contributed by atoms with van der Waals surface area (Å²) in [6, 6.07) is 8.59. The molecule has 0 bridgehead atoms. The van der Waals surface area contributed by atoms with E-state index in [1.165, 1.54) is 24.1 Å². The Morgan fingerprint density at radius 2 is 2.07 bits per heavy atom. The van der Waals surface area contributed by atoms with Crippen LogP contribution in [-0.2, 0) is 16.1 Å². The largest absolute Gasteiger partial charge is 0.442 e. The quantitative estimate of drug-likeness (QED) is 0.299. The molecule has 2 atom stereocenters. The SMILES string of the molecule is CC(=O)NCC1CN(c2ccc(-c3ccc(N4CCCN(CC5(C)Cn6cc([N+](=O)[O-])nc6O5)CC4)nc3)c(F)c2)C(=O)O1. The predicted octanol–water partition coefficient (Wildman–Crippen LogP) is 2.82. The number of fused-ring (bicyclic) bond motifs is 1. The number of cyclic esters (lactones) is 1. The van der Waals surface area contributed by atoms with Crippen molar-refractivity contribution in [1.29, 1.82) is 0 Å². The van der Waals surface area contributed by atoms with Gasteiger partial charge in [0.05, 0.1) is 25.3 Å². The second-order valence-corrected chi connectivity index (χ2v) is 11.6. The Balaban J connectivity index is 1.05. The van der Waals surface area contributed by atoms with Crippen LogP contribution < -0.4 is 19.9 Å². The van der Waals surface area contributed by atoms with E-state index in [2.05, 4.69) is 25.1 Å². The molecule has 2 fully saturated rings. The van der Waals surface area contributed by atoms with E-state index in [0.717, 1.165) is 38.4 Å². The molecule has 6 rings (SSSR count). The fourth-order valence-corrected chi connectivity index (χ4v) is 5.93. The summed E-state index contributed by atoms with van der Waals surface area (Å²) < 4.78 is 28.2. The van der Waals surface area contributed by atoms with Crippen LogP contribution in [0, 0.1) is 15.9 Å². The van der Waals surface area contributed by atoms with E-state index in [1.54, 1.807) is 22.9 Å². The lowest BCUT2D eigenvalue weighted by Crippen LogP contribution is -2.46. The van der Waals surface area contributed by atoms with Crippen molar-refractivity contribution >= 4 is 29.3 Å². The number of rotatable bonds is 8. The number of imidazole rings is 1. The van der Waals surface area contributed by atoms with E-state index < -0.39 is 28.5 Å². The van der Waals surface area contributed by atoms with Crippen molar-refractivity contribution in [1.82, 2.24) is 24.8 Å². The highest BCUT2D eigenvalue weighted by Gasteiger charge is 2.41. The van der Waals surface area contributed by atoms with Gasteiger partial charge in [0.15, 0.2) is 0 Å². The standard InChI is InChI=1S/C29H33FN8O6/c1-19(39)31-14-22-15-37(28(40)43-22)21-5-6-23(24(30)12-21)20-4-7-25(32-13-20)35-9-3-8-34(10-11-35)17-29(2)18-36-16-26(38(41)42)33-27(36)44-29/h4-7,12-13,16,22H,3,8-11,14-15,17-18H2,1-2H3,(H,31,39). The van der Waals surface area contributed by atoms with E-state index in [-0.39, 0.29) is 30.8 Å². The van der Waals surface area contributed by atoms with Gasteiger partial charge in [-0.15, -0.1) is 0 Å². The van der Waals surface area contributed by atoms with Gasteiger partial charge in [0.25, 0.3) is 0 Å². The molecular formula is C29H33FN8O6. The van der Waals surface area contributed by atoms with E-state index >= 15 is 4.39 Å². The van der Waals surface area contributed by atoms with Crippen LogP contribution >= 0.6 is 0 Å². The predicted molar refractivity (Wildman–Crippen MR) is 157 cm³/mol. The van der Waals surface area contributed by atoms with Crippen molar-refractivity contribution in [2.24, 2.45) is 0 Å². The molecule has 44 heavy (non-hydrogen) atoms. The topological polar surface area (TPSA) is 148 Å². The van der Waals surface area contributed by atoms with Crippen LogP contribution in [0.2, 0.25) is 0 Å². The number of nitrogens with one attached hydrogen (secondary N) is 1. The van der Waals surface area contributed by atoms with E-state index in [9.17, 15) is 19.7 Å². The van der Waals surface area contributed by atoms with Crippen LogP contribution in [0.25, 0.3) is 11.1 Å². The van der Waals surface area contributed by atoms with E-state index in [0.29, 0.717) is 29.9 Å². The molecule has 0 radical (unpaired) electrons. The zero-order chi connectivity index (χ0) is 31.0. The molecular weight excluding hydrogens is 575 g/mol. The number of nitrogens with zero attached hydrogens (tertiary/aromatic N) is 7. The molecule has 3 aromatic rings. The molecule has 2 unspecified atom stereocenters. The monoisotopic (exact) mass is 608 g/mol. The summed E-state index contributed by atoms with van der Waals surface area (Å²) in [6.07, 6.45) is 2.88. The zero-order valence-electron chi connectivity index (χ0n) is 24.4. The van der Waals surface area contributed by atoms with Gasteiger partial charge in [-0.25, -0.2) is 14.2 Å². The Morgan fingerprint density at radius 3 is 2.77 bits per heavy atom. The number of aromatic nitrogens is 3. The minimum atomic E-state index is -0.586. The number of hydrogen-bond donors (Lipinski definition) is 1. The van der Waals surface area contributed by atoms with Crippen molar-refractivity contribution in [3.05, 3.63) is 58.7 Å². The molecule has 3 aliphatic heterocycles. The van der Waals surface area contributed by atoms with Gasteiger partial charge < -0.3 is 29.8 Å². The van der Waals surface area contributed by atoms with Crippen molar-refractivity contribution in [2.75, 3.05) is 55.6 Å². The van der Waals surface area contributed by atoms with Crippen molar-refractivity contribution in [3.63, 3.8) is 0 Å². The number of carbonyl (C=O) groups excluding carboxylic acids is 2. The first-order valence-corrected chi connectivity index (χ1v) is 14.4. The Hall–Kier alpha value is -4.79. The third-order valence-corrected chi connectivity index (χ3v) is 8.00. The molecule has 2 saturated heterocycles. The van der Waals surface area contributed by atoms with Gasteiger partial charge in [0.2, 0.25) is 5.91 Å². The molecule has 1 aromatic carbocycles. The lowest BCUT2D eigenvalue weighted by Gasteiger charge is -2.30. The van der Waals surface area contributed by atoms with E-state index in [4.69, 9.17) is 9.47 Å². The van der Waals surface area contributed by atoms with Crippen LogP contribution in [0.5, 0.6) is 6.01 Å². The van der Waals surface area contributed by atoms with Crippen LogP contribution in [0.1, 0.15) is 20.3 Å². The number of benzene rings is 1.